The lowest BCUT2D eigenvalue weighted by atomic mass is 9.90. The quantitative estimate of drug-likeness (QED) is 0.811. The van der Waals surface area contributed by atoms with Gasteiger partial charge in [0.15, 0.2) is 0 Å². The lowest BCUT2D eigenvalue weighted by Crippen LogP contribution is -2.56. The van der Waals surface area contributed by atoms with Gasteiger partial charge in [-0.25, -0.2) is 0 Å². The van der Waals surface area contributed by atoms with Gasteiger partial charge in [-0.05, 0) is 68.5 Å². The molecule has 0 saturated carbocycles. The van der Waals surface area contributed by atoms with Crippen molar-refractivity contribution in [3.8, 4) is 0 Å². The molecule has 1 heterocycles. The maximum atomic E-state index is 13.0. The number of nitrogens with zero attached hydrogens (tertiary/aromatic N) is 2. The first-order chi connectivity index (χ1) is 12.5. The molecule has 1 saturated heterocycles. The summed E-state index contributed by atoms with van der Waals surface area (Å²) < 4.78 is 0. The van der Waals surface area contributed by atoms with Gasteiger partial charge in [0, 0.05) is 31.2 Å². The van der Waals surface area contributed by atoms with Gasteiger partial charge in [0.2, 0.25) is 5.91 Å². The molecular formula is C21H30N2O2S. The molecule has 1 unspecified atom stereocenters. The fraction of sp³-hybridized carbons (Fsp3) is 0.619. The van der Waals surface area contributed by atoms with Gasteiger partial charge in [-0.1, -0.05) is 13.0 Å². The number of rotatable bonds is 4. The molecular weight excluding hydrogens is 344 g/mol. The maximum absolute atomic E-state index is 13.0. The molecule has 2 amide bonds. The Morgan fingerprint density at radius 1 is 1.19 bits per heavy atom. The minimum atomic E-state index is -0.00454. The number of aryl methyl sites for hydroxylation is 2. The van der Waals surface area contributed by atoms with Gasteiger partial charge in [0.05, 0.1) is 5.25 Å². The first kappa shape index (κ1) is 19.3. The van der Waals surface area contributed by atoms with Crippen molar-refractivity contribution in [2.24, 2.45) is 0 Å². The van der Waals surface area contributed by atoms with Crippen molar-refractivity contribution < 1.29 is 9.59 Å². The average Bonchev–Trinajstić information content (AvgIpc) is 2.66. The Morgan fingerprint density at radius 3 is 2.62 bits per heavy atom. The summed E-state index contributed by atoms with van der Waals surface area (Å²) in [6, 6.07) is 6.27. The molecule has 0 bridgehead atoms. The highest BCUT2D eigenvalue weighted by Crippen LogP contribution is 2.24. The number of hydrogen-bond acceptors (Lipinski definition) is 3. The van der Waals surface area contributed by atoms with E-state index in [0.717, 1.165) is 24.2 Å². The van der Waals surface area contributed by atoms with Crippen molar-refractivity contribution in [3.63, 3.8) is 0 Å². The van der Waals surface area contributed by atoms with Crippen LogP contribution in [0.1, 0.15) is 55.1 Å². The van der Waals surface area contributed by atoms with Crippen LogP contribution in [0.3, 0.4) is 0 Å². The van der Waals surface area contributed by atoms with Crippen LogP contribution in [-0.2, 0) is 17.6 Å². The second kappa shape index (κ2) is 8.47. The van der Waals surface area contributed by atoms with Gasteiger partial charge < -0.3 is 9.80 Å². The summed E-state index contributed by atoms with van der Waals surface area (Å²) in [7, 11) is 0. The molecule has 5 heteroatoms. The average molecular weight is 375 g/mol. The molecule has 2 aliphatic rings. The van der Waals surface area contributed by atoms with Crippen molar-refractivity contribution in [1.29, 1.82) is 0 Å². The Hall–Kier alpha value is -1.49. The molecule has 3 rings (SSSR count). The Morgan fingerprint density at radius 2 is 1.92 bits per heavy atom. The molecule has 0 N–H and O–H groups in total. The molecule has 1 aromatic rings. The normalized spacial score (nSPS) is 21.3. The summed E-state index contributed by atoms with van der Waals surface area (Å²) in [6.45, 7) is 7.98. The van der Waals surface area contributed by atoms with Gasteiger partial charge in [0.25, 0.3) is 5.91 Å². The monoisotopic (exact) mass is 374 g/mol. The Labute approximate surface area is 161 Å². The topological polar surface area (TPSA) is 40.6 Å². The van der Waals surface area contributed by atoms with E-state index >= 15 is 0 Å². The summed E-state index contributed by atoms with van der Waals surface area (Å²) in [4.78, 5) is 29.4. The SMILES string of the molecule is CCSC(C)C(=O)N1CCN(C(=O)c2ccc3c(c2)CCCC3)[C@H](C)C1. The van der Waals surface area contributed by atoms with E-state index in [1.54, 1.807) is 11.8 Å². The van der Waals surface area contributed by atoms with Crippen molar-refractivity contribution in [2.75, 3.05) is 25.4 Å². The van der Waals surface area contributed by atoms with Crippen LogP contribution in [-0.4, -0.2) is 58.3 Å². The van der Waals surface area contributed by atoms with Gasteiger partial charge in [-0.3, -0.25) is 9.59 Å². The highest BCUT2D eigenvalue weighted by molar-refractivity contribution is 8.00. The molecule has 1 aliphatic heterocycles. The molecule has 0 spiro atoms. The second-order valence-corrected chi connectivity index (χ2v) is 9.04. The first-order valence-corrected chi connectivity index (χ1v) is 10.9. The van der Waals surface area contributed by atoms with Crippen LogP contribution in [0, 0.1) is 0 Å². The second-order valence-electron chi connectivity index (χ2n) is 7.42. The van der Waals surface area contributed by atoms with E-state index in [9.17, 15) is 9.59 Å². The van der Waals surface area contributed by atoms with E-state index in [0.29, 0.717) is 19.6 Å². The lowest BCUT2D eigenvalue weighted by Gasteiger charge is -2.40. The minimum absolute atomic E-state index is 0.00454. The van der Waals surface area contributed by atoms with Crippen molar-refractivity contribution >= 4 is 23.6 Å². The molecule has 1 aromatic carbocycles. The van der Waals surface area contributed by atoms with Crippen molar-refractivity contribution in [2.45, 2.75) is 57.7 Å². The number of carbonyl (C=O) groups is 2. The highest BCUT2D eigenvalue weighted by Gasteiger charge is 2.32. The van der Waals surface area contributed by atoms with Crippen LogP contribution in [0.2, 0.25) is 0 Å². The van der Waals surface area contributed by atoms with E-state index in [4.69, 9.17) is 0 Å². The fourth-order valence-electron chi connectivity index (χ4n) is 4.07. The molecule has 142 valence electrons. The van der Waals surface area contributed by atoms with Crippen LogP contribution >= 0.6 is 11.8 Å². The lowest BCUT2D eigenvalue weighted by molar-refractivity contribution is -0.132. The summed E-state index contributed by atoms with van der Waals surface area (Å²) in [5.41, 5.74) is 3.54. The predicted octanol–water partition coefficient (Wildman–Crippen LogP) is 3.38. The number of piperazine rings is 1. The molecule has 1 fully saturated rings. The van der Waals surface area contributed by atoms with Gasteiger partial charge in [-0.15, -0.1) is 11.8 Å². The largest absolute Gasteiger partial charge is 0.338 e. The van der Waals surface area contributed by atoms with Gasteiger partial charge in [0.1, 0.15) is 0 Å². The van der Waals surface area contributed by atoms with Crippen molar-refractivity contribution in [1.82, 2.24) is 9.80 Å². The standard InChI is InChI=1S/C21H30N2O2S/c1-4-26-16(3)20(24)22-11-12-23(15(2)14-22)21(25)19-10-9-17-7-5-6-8-18(17)13-19/h9-10,13,15-16H,4-8,11-12,14H2,1-3H3/t15-,16?/m1/s1. The Kier molecular flexibility index (Phi) is 6.28. The third-order valence-corrected chi connectivity index (χ3v) is 6.59. The summed E-state index contributed by atoms with van der Waals surface area (Å²) in [5.74, 6) is 1.25. The molecule has 4 nitrogen and oxygen atoms in total. The third-order valence-electron chi connectivity index (χ3n) is 5.56. The number of hydrogen-bond donors (Lipinski definition) is 0. The van der Waals surface area contributed by atoms with Gasteiger partial charge in [-0.2, -0.15) is 0 Å². The molecule has 0 radical (unpaired) electrons. The maximum Gasteiger partial charge on any atom is 0.254 e. The molecule has 1 aliphatic carbocycles. The van der Waals surface area contributed by atoms with Gasteiger partial charge >= 0.3 is 0 Å². The van der Waals surface area contributed by atoms with E-state index in [1.807, 2.05) is 29.7 Å². The number of fused-ring (bicyclic) bond motifs is 1. The van der Waals surface area contributed by atoms with Crippen LogP contribution in [0.25, 0.3) is 0 Å². The fourth-order valence-corrected chi connectivity index (χ4v) is 4.86. The Balaban J connectivity index is 1.66. The van der Waals surface area contributed by atoms with E-state index in [2.05, 4.69) is 19.1 Å². The Bertz CT molecular complexity index is 676. The van der Waals surface area contributed by atoms with Crippen LogP contribution in [0.15, 0.2) is 18.2 Å². The smallest absolute Gasteiger partial charge is 0.254 e. The number of amides is 2. The van der Waals surface area contributed by atoms with Crippen LogP contribution in [0.5, 0.6) is 0 Å². The number of benzene rings is 1. The van der Waals surface area contributed by atoms with Crippen molar-refractivity contribution in [3.05, 3.63) is 34.9 Å². The summed E-state index contributed by atoms with van der Waals surface area (Å²) in [5, 5.41) is -0.00454. The minimum Gasteiger partial charge on any atom is -0.338 e. The van der Waals surface area contributed by atoms with Crippen LogP contribution in [0.4, 0.5) is 0 Å². The third kappa shape index (κ3) is 4.08. The number of carbonyl (C=O) groups excluding carboxylic acids is 2. The first-order valence-electron chi connectivity index (χ1n) is 9.84. The zero-order chi connectivity index (χ0) is 18.7. The highest BCUT2D eigenvalue weighted by atomic mass is 32.2. The molecule has 26 heavy (non-hydrogen) atoms. The van der Waals surface area contributed by atoms with E-state index < -0.39 is 0 Å². The summed E-state index contributed by atoms with van der Waals surface area (Å²) >= 11 is 1.68. The van der Waals surface area contributed by atoms with E-state index in [1.165, 1.54) is 24.0 Å². The van der Waals surface area contributed by atoms with Crippen LogP contribution < -0.4 is 0 Å². The zero-order valence-electron chi connectivity index (χ0n) is 16.2. The molecule has 0 aromatic heterocycles. The van der Waals surface area contributed by atoms with E-state index in [-0.39, 0.29) is 23.1 Å². The molecule has 2 atom stereocenters. The predicted molar refractivity (Wildman–Crippen MR) is 108 cm³/mol. The zero-order valence-corrected chi connectivity index (χ0v) is 17.0. The number of thioether (sulfide) groups is 1. The summed E-state index contributed by atoms with van der Waals surface area (Å²) in [6.07, 6.45) is 4.69.